The third-order valence-corrected chi connectivity index (χ3v) is 6.56. The summed E-state index contributed by atoms with van der Waals surface area (Å²) in [7, 11) is -3.91. The summed E-state index contributed by atoms with van der Waals surface area (Å²) in [5.41, 5.74) is 0.195. The van der Waals surface area contributed by atoms with Crippen LogP contribution in [0.15, 0.2) is 66.1 Å². The van der Waals surface area contributed by atoms with Gasteiger partial charge in [0.2, 0.25) is 0 Å². The van der Waals surface area contributed by atoms with E-state index in [-0.39, 0.29) is 22.0 Å². The number of hydrogen-bond donors (Lipinski definition) is 1. The van der Waals surface area contributed by atoms with Crippen LogP contribution >= 0.6 is 11.6 Å². The van der Waals surface area contributed by atoms with Crippen molar-refractivity contribution in [3.63, 3.8) is 0 Å². The highest BCUT2D eigenvalue weighted by Crippen LogP contribution is 2.27. The zero-order valence-electron chi connectivity index (χ0n) is 16.3. The van der Waals surface area contributed by atoms with Crippen LogP contribution in [0.25, 0.3) is 0 Å². The van der Waals surface area contributed by atoms with Gasteiger partial charge >= 0.3 is 0 Å². The molecule has 0 heterocycles. The maximum atomic E-state index is 13.3. The average Bonchev–Trinajstić information content (AvgIpc) is 2.66. The van der Waals surface area contributed by atoms with E-state index < -0.39 is 21.5 Å². The van der Waals surface area contributed by atoms with Gasteiger partial charge in [-0.15, -0.1) is 6.58 Å². The van der Waals surface area contributed by atoms with Crippen molar-refractivity contribution in [3.8, 4) is 0 Å². The monoisotopic (exact) mass is 420 g/mol. The predicted octanol–water partition coefficient (Wildman–Crippen LogP) is 4.64. The maximum Gasteiger partial charge on any atom is 0.264 e. The molecule has 2 aromatic rings. The average molecular weight is 421 g/mol. The molecule has 0 aliphatic heterocycles. The SMILES string of the molecule is C=CCN(c1ccccc1)S(=O)(=O)c1ccc(Cl)c(C(=O)NC(C)(C)CC)c1. The zero-order valence-corrected chi connectivity index (χ0v) is 17.8. The first kappa shape index (κ1) is 22.0. The van der Waals surface area contributed by atoms with Crippen molar-refractivity contribution in [1.82, 2.24) is 5.32 Å². The third kappa shape index (κ3) is 4.94. The molecule has 0 spiro atoms. The largest absolute Gasteiger partial charge is 0.347 e. The molecule has 0 aliphatic rings. The molecule has 7 heteroatoms. The first-order chi connectivity index (χ1) is 13.1. The van der Waals surface area contributed by atoms with E-state index in [4.69, 9.17) is 11.6 Å². The fourth-order valence-electron chi connectivity index (χ4n) is 2.48. The molecule has 28 heavy (non-hydrogen) atoms. The number of nitrogens with zero attached hydrogens (tertiary/aromatic N) is 1. The van der Waals surface area contributed by atoms with E-state index in [0.717, 1.165) is 6.42 Å². The number of halogens is 1. The number of carbonyl (C=O) groups is 1. The van der Waals surface area contributed by atoms with Crippen molar-refractivity contribution in [1.29, 1.82) is 0 Å². The van der Waals surface area contributed by atoms with Crippen molar-refractivity contribution in [2.24, 2.45) is 0 Å². The number of hydrogen-bond acceptors (Lipinski definition) is 3. The first-order valence-electron chi connectivity index (χ1n) is 8.93. The van der Waals surface area contributed by atoms with Gasteiger partial charge in [-0.05, 0) is 50.6 Å². The second kappa shape index (κ2) is 8.80. The van der Waals surface area contributed by atoms with Gasteiger partial charge in [0.15, 0.2) is 0 Å². The van der Waals surface area contributed by atoms with Crippen LogP contribution in [0.4, 0.5) is 5.69 Å². The van der Waals surface area contributed by atoms with E-state index in [9.17, 15) is 13.2 Å². The lowest BCUT2D eigenvalue weighted by Crippen LogP contribution is -2.43. The number of benzene rings is 2. The summed E-state index contributed by atoms with van der Waals surface area (Å²) in [4.78, 5) is 12.7. The van der Waals surface area contributed by atoms with E-state index in [1.165, 1.54) is 28.6 Å². The molecule has 2 aromatic carbocycles. The van der Waals surface area contributed by atoms with Gasteiger partial charge in [0, 0.05) is 5.54 Å². The minimum atomic E-state index is -3.91. The Morgan fingerprint density at radius 3 is 2.43 bits per heavy atom. The van der Waals surface area contributed by atoms with E-state index in [1.54, 1.807) is 24.3 Å². The molecule has 150 valence electrons. The van der Waals surface area contributed by atoms with Gasteiger partial charge < -0.3 is 5.32 Å². The van der Waals surface area contributed by atoms with Gasteiger partial charge in [-0.2, -0.15) is 0 Å². The Kier molecular flexibility index (Phi) is 6.91. The molecule has 0 radical (unpaired) electrons. The summed E-state index contributed by atoms with van der Waals surface area (Å²) < 4.78 is 27.7. The van der Waals surface area contributed by atoms with Crippen LogP contribution in [0.3, 0.4) is 0 Å². The topological polar surface area (TPSA) is 66.5 Å². The second-order valence-corrected chi connectivity index (χ2v) is 9.26. The lowest BCUT2D eigenvalue weighted by Gasteiger charge is -2.25. The fourth-order valence-corrected chi connectivity index (χ4v) is 4.15. The Bertz CT molecular complexity index is 957. The number of sulfonamides is 1. The molecule has 1 N–H and O–H groups in total. The van der Waals surface area contributed by atoms with Crippen LogP contribution in [-0.4, -0.2) is 26.4 Å². The molecular formula is C21H25ClN2O3S. The quantitative estimate of drug-likeness (QED) is 0.632. The van der Waals surface area contributed by atoms with E-state index in [1.807, 2.05) is 26.8 Å². The van der Waals surface area contributed by atoms with Gasteiger partial charge in [-0.25, -0.2) is 8.42 Å². The molecule has 0 aliphatic carbocycles. The number of anilines is 1. The number of nitrogens with one attached hydrogen (secondary N) is 1. The van der Waals surface area contributed by atoms with Crippen molar-refractivity contribution < 1.29 is 13.2 Å². The van der Waals surface area contributed by atoms with E-state index in [2.05, 4.69) is 11.9 Å². The Labute approximate surface area is 172 Å². The predicted molar refractivity (Wildman–Crippen MR) is 114 cm³/mol. The smallest absolute Gasteiger partial charge is 0.264 e. The van der Waals surface area contributed by atoms with E-state index in [0.29, 0.717) is 5.69 Å². The van der Waals surface area contributed by atoms with Crippen molar-refractivity contribution in [3.05, 3.63) is 71.8 Å². The molecule has 0 aromatic heterocycles. The number of para-hydroxylation sites is 1. The van der Waals surface area contributed by atoms with Gasteiger partial charge in [-0.1, -0.05) is 42.8 Å². The standard InChI is InChI=1S/C21H25ClN2O3S/c1-5-14-24(16-10-8-7-9-11-16)28(26,27)17-12-13-19(22)18(15-17)20(25)23-21(3,4)6-2/h5,7-13,15H,1,6,14H2,2-4H3,(H,23,25). The van der Waals surface area contributed by atoms with Crippen molar-refractivity contribution >= 4 is 33.2 Å². The number of rotatable bonds is 8. The summed E-state index contributed by atoms with van der Waals surface area (Å²) in [5.74, 6) is -0.413. The van der Waals surface area contributed by atoms with Gasteiger partial charge in [0.25, 0.3) is 15.9 Å². The summed E-state index contributed by atoms with van der Waals surface area (Å²) >= 11 is 6.19. The minimum Gasteiger partial charge on any atom is -0.347 e. The van der Waals surface area contributed by atoms with Crippen LogP contribution in [0.2, 0.25) is 5.02 Å². The Morgan fingerprint density at radius 1 is 1.21 bits per heavy atom. The fraction of sp³-hybridized carbons (Fsp3) is 0.286. The lowest BCUT2D eigenvalue weighted by atomic mass is 10.0. The molecule has 0 saturated carbocycles. The Hall–Kier alpha value is -2.31. The van der Waals surface area contributed by atoms with Crippen molar-refractivity contribution in [2.75, 3.05) is 10.8 Å². The van der Waals surface area contributed by atoms with Gasteiger partial charge in [-0.3, -0.25) is 9.10 Å². The summed E-state index contributed by atoms with van der Waals surface area (Å²) in [6.45, 7) is 9.48. The number of carbonyl (C=O) groups excluding carboxylic acids is 1. The summed E-state index contributed by atoms with van der Waals surface area (Å²) in [5, 5.41) is 3.07. The third-order valence-electron chi connectivity index (χ3n) is 4.45. The molecular weight excluding hydrogens is 396 g/mol. The van der Waals surface area contributed by atoms with Crippen LogP contribution in [0.1, 0.15) is 37.6 Å². The zero-order chi connectivity index (χ0) is 20.9. The van der Waals surface area contributed by atoms with E-state index >= 15 is 0 Å². The van der Waals surface area contributed by atoms with Crippen LogP contribution < -0.4 is 9.62 Å². The van der Waals surface area contributed by atoms with Gasteiger partial charge in [0.05, 0.1) is 27.7 Å². The highest BCUT2D eigenvalue weighted by Gasteiger charge is 2.27. The summed E-state index contributed by atoms with van der Waals surface area (Å²) in [6, 6.07) is 12.9. The minimum absolute atomic E-state index is 0.0120. The normalized spacial score (nSPS) is 11.7. The molecule has 0 fully saturated rings. The Balaban J connectivity index is 2.48. The first-order valence-corrected chi connectivity index (χ1v) is 10.7. The van der Waals surface area contributed by atoms with Crippen LogP contribution in [0.5, 0.6) is 0 Å². The van der Waals surface area contributed by atoms with Gasteiger partial charge in [0.1, 0.15) is 0 Å². The molecule has 1 amide bonds. The maximum absolute atomic E-state index is 13.3. The second-order valence-electron chi connectivity index (χ2n) is 6.99. The summed E-state index contributed by atoms with van der Waals surface area (Å²) in [6.07, 6.45) is 2.23. The number of amides is 1. The van der Waals surface area contributed by atoms with Crippen LogP contribution in [-0.2, 0) is 10.0 Å². The van der Waals surface area contributed by atoms with Crippen molar-refractivity contribution in [2.45, 2.75) is 37.6 Å². The highest BCUT2D eigenvalue weighted by atomic mass is 35.5. The molecule has 0 saturated heterocycles. The molecule has 0 bridgehead atoms. The molecule has 2 rings (SSSR count). The van der Waals surface area contributed by atoms with Crippen LogP contribution in [0, 0.1) is 0 Å². The molecule has 5 nitrogen and oxygen atoms in total. The molecule has 0 unspecified atom stereocenters. The lowest BCUT2D eigenvalue weighted by molar-refractivity contribution is 0.0911. The highest BCUT2D eigenvalue weighted by molar-refractivity contribution is 7.92. The Morgan fingerprint density at radius 2 is 1.86 bits per heavy atom. The molecule has 0 atom stereocenters.